The number of Topliss-reactive ketones (excluding diaryl/α,β-unsaturated/α-hetero) is 1. The van der Waals surface area contributed by atoms with E-state index in [-0.39, 0.29) is 17.0 Å². The van der Waals surface area contributed by atoms with Crippen molar-refractivity contribution < 1.29 is 22.7 Å². The van der Waals surface area contributed by atoms with Gasteiger partial charge in [-0.1, -0.05) is 38.5 Å². The summed E-state index contributed by atoms with van der Waals surface area (Å²) in [5, 5.41) is 0. The summed E-state index contributed by atoms with van der Waals surface area (Å²) in [5.41, 5.74) is 0.703. The first kappa shape index (κ1) is 21.8. The van der Waals surface area contributed by atoms with Crippen LogP contribution in [0.2, 0.25) is 0 Å². The average molecular weight is 371 g/mol. The molecule has 0 bridgehead atoms. The molecule has 1 aromatic carbocycles. The van der Waals surface area contributed by atoms with Gasteiger partial charge in [-0.15, -0.1) is 0 Å². The Morgan fingerprint density at radius 1 is 0.960 bits per heavy atom. The highest BCUT2D eigenvalue weighted by Gasteiger charge is 2.20. The van der Waals surface area contributed by atoms with Crippen LogP contribution in [0.15, 0.2) is 29.2 Å². The molecule has 0 spiro atoms. The second-order valence-electron chi connectivity index (χ2n) is 7.13. The summed E-state index contributed by atoms with van der Waals surface area (Å²) in [6.45, 7) is 9.16. The van der Waals surface area contributed by atoms with Gasteiger partial charge in [-0.05, 0) is 25.5 Å². The van der Waals surface area contributed by atoms with Gasteiger partial charge in [0.25, 0.3) is 0 Å². The van der Waals surface area contributed by atoms with Crippen LogP contribution in [-0.2, 0) is 24.1 Å². The van der Waals surface area contributed by atoms with Crippen LogP contribution in [0.1, 0.15) is 39.2 Å². The number of carbonyl (C=O) groups excluding carboxylic acids is 1. The van der Waals surface area contributed by atoms with Crippen molar-refractivity contribution in [2.75, 3.05) is 32.2 Å². The lowest BCUT2D eigenvalue weighted by atomic mass is 9.89. The van der Waals surface area contributed by atoms with Crippen molar-refractivity contribution in [1.29, 1.82) is 0 Å². The van der Waals surface area contributed by atoms with Crippen LogP contribution >= 0.6 is 0 Å². The van der Waals surface area contributed by atoms with Gasteiger partial charge < -0.3 is 9.47 Å². The number of ketones is 1. The first-order chi connectivity index (χ1) is 11.6. The first-order valence-corrected chi connectivity index (χ1v) is 10.3. The summed E-state index contributed by atoms with van der Waals surface area (Å²) < 4.78 is 35.0. The summed E-state index contributed by atoms with van der Waals surface area (Å²) in [5.74, 6) is 0.242. The van der Waals surface area contributed by atoms with E-state index in [0.29, 0.717) is 44.2 Å². The van der Waals surface area contributed by atoms with Crippen molar-refractivity contribution >= 4 is 15.6 Å². The average Bonchev–Trinajstić information content (AvgIpc) is 2.52. The van der Waals surface area contributed by atoms with Gasteiger partial charge in [-0.25, -0.2) is 8.42 Å². The molecule has 0 radical (unpaired) electrons. The number of sulfone groups is 1. The third kappa shape index (κ3) is 8.61. The minimum atomic E-state index is -3.25. The van der Waals surface area contributed by atoms with Gasteiger partial charge in [0.15, 0.2) is 9.84 Å². The van der Waals surface area contributed by atoms with Gasteiger partial charge in [0, 0.05) is 18.4 Å². The fourth-order valence-corrected chi connectivity index (χ4v) is 3.36. The van der Waals surface area contributed by atoms with Crippen LogP contribution in [0.25, 0.3) is 0 Å². The molecule has 0 unspecified atom stereocenters. The highest BCUT2D eigenvalue weighted by molar-refractivity contribution is 7.91. The van der Waals surface area contributed by atoms with E-state index >= 15 is 0 Å². The largest absolute Gasteiger partial charge is 0.379 e. The van der Waals surface area contributed by atoms with E-state index in [0.717, 1.165) is 5.56 Å². The molecule has 0 atom stereocenters. The summed E-state index contributed by atoms with van der Waals surface area (Å²) >= 11 is 0. The highest BCUT2D eigenvalue weighted by Crippen LogP contribution is 2.16. The Morgan fingerprint density at radius 2 is 1.52 bits per heavy atom. The van der Waals surface area contributed by atoms with Crippen LogP contribution < -0.4 is 0 Å². The second-order valence-corrected chi connectivity index (χ2v) is 9.24. The van der Waals surface area contributed by atoms with E-state index in [9.17, 15) is 13.2 Å². The maximum Gasteiger partial charge on any atom is 0.178 e. The fraction of sp³-hybridized carbons (Fsp3) is 0.632. The van der Waals surface area contributed by atoms with Crippen LogP contribution in [-0.4, -0.2) is 46.4 Å². The number of hydrogen-bond acceptors (Lipinski definition) is 5. The quantitative estimate of drug-likeness (QED) is 0.560. The van der Waals surface area contributed by atoms with Crippen molar-refractivity contribution in [3.63, 3.8) is 0 Å². The first-order valence-electron chi connectivity index (χ1n) is 8.61. The Labute approximate surface area is 151 Å². The van der Waals surface area contributed by atoms with E-state index in [4.69, 9.17) is 9.47 Å². The number of benzene rings is 1. The highest BCUT2D eigenvalue weighted by atomic mass is 32.2. The molecule has 0 aliphatic carbocycles. The Kier molecular flexibility index (Phi) is 8.76. The smallest absolute Gasteiger partial charge is 0.178 e. The maximum absolute atomic E-state index is 12.2. The molecular formula is C19H30O5S. The molecule has 0 saturated heterocycles. The SMILES string of the molecule is Cc1ccc(S(=O)(=O)CCCOCCOCCC(=O)C(C)(C)C)cc1. The van der Waals surface area contributed by atoms with Crippen molar-refractivity contribution in [1.82, 2.24) is 0 Å². The van der Waals surface area contributed by atoms with Crippen molar-refractivity contribution in [2.24, 2.45) is 5.41 Å². The zero-order valence-electron chi connectivity index (χ0n) is 15.7. The number of hydrogen-bond donors (Lipinski definition) is 0. The lowest BCUT2D eigenvalue weighted by Gasteiger charge is -2.16. The molecule has 0 heterocycles. The molecule has 0 aliphatic rings. The molecule has 0 aliphatic heterocycles. The van der Waals surface area contributed by atoms with Gasteiger partial charge >= 0.3 is 0 Å². The molecule has 6 heteroatoms. The van der Waals surface area contributed by atoms with E-state index in [1.807, 2.05) is 27.7 Å². The van der Waals surface area contributed by atoms with Gasteiger partial charge in [0.2, 0.25) is 0 Å². The van der Waals surface area contributed by atoms with Gasteiger partial charge in [0.1, 0.15) is 5.78 Å². The molecule has 25 heavy (non-hydrogen) atoms. The molecule has 5 nitrogen and oxygen atoms in total. The second kappa shape index (κ2) is 10.0. The normalized spacial score (nSPS) is 12.3. The molecule has 0 saturated carbocycles. The molecule has 0 amide bonds. The zero-order valence-corrected chi connectivity index (χ0v) is 16.5. The fourth-order valence-electron chi connectivity index (χ4n) is 2.08. The van der Waals surface area contributed by atoms with Gasteiger partial charge in [-0.3, -0.25) is 4.79 Å². The summed E-state index contributed by atoms with van der Waals surface area (Å²) in [4.78, 5) is 12.1. The number of carbonyl (C=O) groups is 1. The Balaban J connectivity index is 2.10. The molecule has 0 fully saturated rings. The number of rotatable bonds is 11. The Morgan fingerprint density at radius 3 is 2.08 bits per heavy atom. The molecular weight excluding hydrogens is 340 g/mol. The molecule has 142 valence electrons. The topological polar surface area (TPSA) is 69.7 Å². The molecule has 0 aromatic heterocycles. The van der Waals surface area contributed by atoms with Crippen LogP contribution in [0.3, 0.4) is 0 Å². The van der Waals surface area contributed by atoms with E-state index < -0.39 is 9.84 Å². The van der Waals surface area contributed by atoms with Gasteiger partial charge in [0.05, 0.1) is 30.5 Å². The van der Waals surface area contributed by atoms with Crippen LogP contribution in [0.4, 0.5) is 0 Å². The molecule has 0 N–H and O–H groups in total. The monoisotopic (exact) mass is 370 g/mol. The van der Waals surface area contributed by atoms with E-state index in [1.165, 1.54) is 0 Å². The van der Waals surface area contributed by atoms with Crippen molar-refractivity contribution in [3.05, 3.63) is 29.8 Å². The summed E-state index contributed by atoms with van der Waals surface area (Å²) in [6.07, 6.45) is 0.844. The maximum atomic E-state index is 12.2. The van der Waals surface area contributed by atoms with Crippen molar-refractivity contribution in [2.45, 2.75) is 45.4 Å². The minimum Gasteiger partial charge on any atom is -0.379 e. The number of ether oxygens (including phenoxy) is 2. The number of aryl methyl sites for hydroxylation is 1. The predicted octanol–water partition coefficient (Wildman–Crippen LogP) is 3.20. The van der Waals surface area contributed by atoms with Crippen LogP contribution in [0, 0.1) is 12.3 Å². The van der Waals surface area contributed by atoms with Crippen LogP contribution in [0.5, 0.6) is 0 Å². The summed E-state index contributed by atoms with van der Waals surface area (Å²) in [6, 6.07) is 6.87. The van der Waals surface area contributed by atoms with E-state index in [1.54, 1.807) is 24.3 Å². The molecule has 1 rings (SSSR count). The minimum absolute atomic E-state index is 0.0665. The lowest BCUT2D eigenvalue weighted by Crippen LogP contribution is -2.21. The molecule has 1 aromatic rings. The lowest BCUT2D eigenvalue weighted by molar-refractivity contribution is -0.127. The van der Waals surface area contributed by atoms with Gasteiger partial charge in [-0.2, -0.15) is 0 Å². The third-order valence-electron chi connectivity index (χ3n) is 3.76. The van der Waals surface area contributed by atoms with E-state index in [2.05, 4.69) is 0 Å². The zero-order chi connectivity index (χ0) is 18.9. The third-order valence-corrected chi connectivity index (χ3v) is 5.58. The summed E-state index contributed by atoms with van der Waals surface area (Å²) in [7, 11) is -3.25. The predicted molar refractivity (Wildman–Crippen MR) is 98.6 cm³/mol. The Bertz CT molecular complexity index is 627. The Hall–Kier alpha value is -1.24. The standard InChI is InChI=1S/C19H30O5S/c1-16-6-8-17(9-7-16)25(21,22)15-5-11-23-13-14-24-12-10-18(20)19(2,3)4/h6-9H,5,10-15H2,1-4H3. The van der Waals surface area contributed by atoms with Crippen molar-refractivity contribution in [3.8, 4) is 0 Å².